The Bertz CT molecular complexity index is 549. The lowest BCUT2D eigenvalue weighted by molar-refractivity contribution is -0.113. The highest BCUT2D eigenvalue weighted by Crippen LogP contribution is 2.24. The lowest BCUT2D eigenvalue weighted by atomic mass is 10.0. The van der Waals surface area contributed by atoms with Gasteiger partial charge in [0, 0.05) is 5.69 Å². The average molecular weight is 289 g/mol. The quantitative estimate of drug-likeness (QED) is 0.863. The van der Waals surface area contributed by atoms with Crippen LogP contribution in [0.1, 0.15) is 31.1 Å². The van der Waals surface area contributed by atoms with Crippen LogP contribution in [0, 0.1) is 0 Å². The summed E-state index contributed by atoms with van der Waals surface area (Å²) < 4.78 is 5.23. The van der Waals surface area contributed by atoms with E-state index >= 15 is 0 Å². The summed E-state index contributed by atoms with van der Waals surface area (Å²) in [4.78, 5) is 12.0. The molecule has 0 saturated carbocycles. The van der Waals surface area contributed by atoms with E-state index in [0.29, 0.717) is 17.4 Å². The number of furan rings is 1. The number of hydrogen-bond donors (Lipinski definition) is 1. The van der Waals surface area contributed by atoms with Crippen molar-refractivity contribution in [3.63, 3.8) is 0 Å². The van der Waals surface area contributed by atoms with Gasteiger partial charge in [0.15, 0.2) is 0 Å². The summed E-state index contributed by atoms with van der Waals surface area (Å²) in [7, 11) is 0. The molecule has 20 heavy (non-hydrogen) atoms. The van der Waals surface area contributed by atoms with Crippen LogP contribution in [0.5, 0.6) is 0 Å². The van der Waals surface area contributed by atoms with Gasteiger partial charge in [-0.3, -0.25) is 4.79 Å². The number of nitrogens with one attached hydrogen (secondary N) is 1. The van der Waals surface area contributed by atoms with Gasteiger partial charge in [0.25, 0.3) is 0 Å². The van der Waals surface area contributed by atoms with Crippen molar-refractivity contribution >= 4 is 23.4 Å². The molecule has 3 nitrogen and oxygen atoms in total. The predicted octanol–water partition coefficient (Wildman–Crippen LogP) is 4.27. The number of rotatable bonds is 6. The smallest absolute Gasteiger partial charge is 0.234 e. The summed E-state index contributed by atoms with van der Waals surface area (Å²) in [5, 5.41) is 2.98. The Hall–Kier alpha value is -1.68. The molecule has 1 aromatic heterocycles. The second kappa shape index (κ2) is 7.20. The van der Waals surface area contributed by atoms with Crippen LogP contribution < -0.4 is 5.32 Å². The zero-order chi connectivity index (χ0) is 14.4. The fourth-order valence-electron chi connectivity index (χ4n) is 1.94. The molecular weight excluding hydrogens is 270 g/mol. The maximum absolute atomic E-state index is 12.0. The van der Waals surface area contributed by atoms with Gasteiger partial charge in [0.05, 0.1) is 17.8 Å². The molecule has 1 amide bonds. The molecule has 0 fully saturated rings. The molecule has 1 aromatic carbocycles. The van der Waals surface area contributed by atoms with E-state index < -0.39 is 0 Å². The van der Waals surface area contributed by atoms with E-state index in [4.69, 9.17) is 4.42 Å². The molecule has 0 unspecified atom stereocenters. The minimum atomic E-state index is 0.0228. The lowest BCUT2D eigenvalue weighted by Gasteiger charge is -2.13. The maximum Gasteiger partial charge on any atom is 0.234 e. The first-order valence-electron chi connectivity index (χ1n) is 6.65. The summed E-state index contributed by atoms with van der Waals surface area (Å²) in [5.74, 6) is 2.45. The monoisotopic (exact) mass is 289 g/mol. The Kier molecular flexibility index (Phi) is 5.30. The zero-order valence-electron chi connectivity index (χ0n) is 11.8. The van der Waals surface area contributed by atoms with Gasteiger partial charge < -0.3 is 9.73 Å². The van der Waals surface area contributed by atoms with E-state index in [1.54, 1.807) is 18.0 Å². The minimum absolute atomic E-state index is 0.0228. The van der Waals surface area contributed by atoms with E-state index in [9.17, 15) is 4.79 Å². The summed E-state index contributed by atoms with van der Waals surface area (Å²) >= 11 is 1.55. The van der Waals surface area contributed by atoms with Crippen molar-refractivity contribution in [3.8, 4) is 0 Å². The third kappa shape index (κ3) is 4.17. The van der Waals surface area contributed by atoms with Gasteiger partial charge in [-0.25, -0.2) is 0 Å². The van der Waals surface area contributed by atoms with Crippen LogP contribution >= 0.6 is 11.8 Å². The van der Waals surface area contributed by atoms with Gasteiger partial charge in [-0.2, -0.15) is 0 Å². The van der Waals surface area contributed by atoms with Gasteiger partial charge in [0.1, 0.15) is 5.76 Å². The van der Waals surface area contributed by atoms with Crippen LogP contribution in [0.2, 0.25) is 0 Å². The van der Waals surface area contributed by atoms with Gasteiger partial charge in [-0.05, 0) is 29.7 Å². The van der Waals surface area contributed by atoms with Crippen molar-refractivity contribution in [2.75, 3.05) is 11.1 Å². The average Bonchev–Trinajstić information content (AvgIpc) is 2.92. The standard InChI is InChI=1S/C16H19NO2S/c1-12(2)14-7-3-4-8-15(14)17-16(18)11-20-10-13-6-5-9-19-13/h3-9,12H,10-11H2,1-2H3,(H,17,18). The number of carbonyl (C=O) groups is 1. The Morgan fingerprint density at radius 2 is 2.05 bits per heavy atom. The van der Waals surface area contributed by atoms with E-state index in [1.165, 1.54) is 0 Å². The molecule has 4 heteroatoms. The normalized spacial score (nSPS) is 10.8. The molecule has 2 rings (SSSR count). The SMILES string of the molecule is CC(C)c1ccccc1NC(=O)CSCc1ccco1. The van der Waals surface area contributed by atoms with Gasteiger partial charge in [0.2, 0.25) is 5.91 Å². The molecule has 0 spiro atoms. The largest absolute Gasteiger partial charge is 0.468 e. The van der Waals surface area contributed by atoms with E-state index in [2.05, 4.69) is 25.2 Å². The highest BCUT2D eigenvalue weighted by Gasteiger charge is 2.09. The van der Waals surface area contributed by atoms with Crippen molar-refractivity contribution in [1.29, 1.82) is 0 Å². The van der Waals surface area contributed by atoms with Crippen LogP contribution in [0.3, 0.4) is 0 Å². The molecule has 0 saturated heterocycles. The number of amides is 1. The summed E-state index contributed by atoms with van der Waals surface area (Å²) in [5.41, 5.74) is 2.07. The molecule has 2 aromatic rings. The van der Waals surface area contributed by atoms with E-state index in [0.717, 1.165) is 17.0 Å². The van der Waals surface area contributed by atoms with Crippen molar-refractivity contribution in [1.82, 2.24) is 0 Å². The van der Waals surface area contributed by atoms with E-state index in [-0.39, 0.29) is 5.91 Å². The Balaban J connectivity index is 1.85. The molecule has 0 aliphatic heterocycles. The van der Waals surface area contributed by atoms with Gasteiger partial charge >= 0.3 is 0 Å². The second-order valence-corrected chi connectivity index (χ2v) is 5.85. The third-order valence-corrected chi connectivity index (χ3v) is 3.87. The first-order valence-corrected chi connectivity index (χ1v) is 7.81. The van der Waals surface area contributed by atoms with Gasteiger partial charge in [-0.1, -0.05) is 32.0 Å². The van der Waals surface area contributed by atoms with Crippen LogP contribution in [-0.2, 0) is 10.5 Å². The maximum atomic E-state index is 12.0. The van der Waals surface area contributed by atoms with Crippen molar-refractivity contribution < 1.29 is 9.21 Å². The van der Waals surface area contributed by atoms with Crippen molar-refractivity contribution in [2.45, 2.75) is 25.5 Å². The van der Waals surface area contributed by atoms with Crippen LogP contribution in [-0.4, -0.2) is 11.7 Å². The molecule has 0 aliphatic carbocycles. The Labute approximate surface area is 123 Å². The predicted molar refractivity (Wildman–Crippen MR) is 84.0 cm³/mol. The van der Waals surface area contributed by atoms with Crippen molar-refractivity contribution in [3.05, 3.63) is 54.0 Å². The Morgan fingerprint density at radius 1 is 1.25 bits per heavy atom. The fraction of sp³-hybridized carbons (Fsp3) is 0.312. The lowest BCUT2D eigenvalue weighted by Crippen LogP contribution is -2.15. The second-order valence-electron chi connectivity index (χ2n) is 4.86. The van der Waals surface area contributed by atoms with E-state index in [1.807, 2.05) is 30.3 Å². The molecule has 106 valence electrons. The third-order valence-electron chi connectivity index (χ3n) is 2.91. The number of para-hydroxylation sites is 1. The zero-order valence-corrected chi connectivity index (χ0v) is 12.6. The molecular formula is C16H19NO2S. The number of carbonyl (C=O) groups excluding carboxylic acids is 1. The minimum Gasteiger partial charge on any atom is -0.468 e. The molecule has 0 bridgehead atoms. The van der Waals surface area contributed by atoms with Crippen LogP contribution in [0.15, 0.2) is 47.1 Å². The molecule has 0 atom stereocenters. The van der Waals surface area contributed by atoms with Crippen LogP contribution in [0.25, 0.3) is 0 Å². The molecule has 1 N–H and O–H groups in total. The number of benzene rings is 1. The highest BCUT2D eigenvalue weighted by atomic mass is 32.2. The summed E-state index contributed by atoms with van der Waals surface area (Å²) in [6.07, 6.45) is 1.65. The fourth-order valence-corrected chi connectivity index (χ4v) is 2.66. The molecule has 0 radical (unpaired) electrons. The summed E-state index contributed by atoms with van der Waals surface area (Å²) in [6.45, 7) is 4.24. The molecule has 1 heterocycles. The number of anilines is 1. The number of thioether (sulfide) groups is 1. The topological polar surface area (TPSA) is 42.2 Å². The Morgan fingerprint density at radius 3 is 2.75 bits per heavy atom. The highest BCUT2D eigenvalue weighted by molar-refractivity contribution is 7.99. The van der Waals surface area contributed by atoms with Crippen LogP contribution in [0.4, 0.5) is 5.69 Å². The number of hydrogen-bond acceptors (Lipinski definition) is 3. The summed E-state index contributed by atoms with van der Waals surface area (Å²) in [6, 6.07) is 11.7. The first kappa shape index (κ1) is 14.7. The first-order chi connectivity index (χ1) is 9.66. The van der Waals surface area contributed by atoms with Crippen molar-refractivity contribution in [2.24, 2.45) is 0 Å². The van der Waals surface area contributed by atoms with Gasteiger partial charge in [-0.15, -0.1) is 11.8 Å². The molecule has 0 aliphatic rings.